The van der Waals surface area contributed by atoms with Gasteiger partial charge in [0.1, 0.15) is 5.82 Å². The lowest BCUT2D eigenvalue weighted by Gasteiger charge is -2.28. The number of amides is 2. The number of carbonyl (C=O) groups excluding carboxylic acids is 1. The third kappa shape index (κ3) is 3.61. The molecule has 2 unspecified atom stereocenters. The van der Waals surface area contributed by atoms with Crippen molar-refractivity contribution in [2.75, 3.05) is 5.32 Å². The standard InChI is InChI=1S/C16H26N4O2/c21-14-9-5-4-8-13(14)18-16(22)19-15-10-11-17-20(15)12-6-2-1-3-7-12/h10-14,21H,1-9H2,(H2,18,19,22). The smallest absolute Gasteiger partial charge is 0.320 e. The average molecular weight is 306 g/mol. The minimum atomic E-state index is -0.428. The number of anilines is 1. The van der Waals surface area contributed by atoms with Crippen LogP contribution in [0.25, 0.3) is 0 Å². The summed E-state index contributed by atoms with van der Waals surface area (Å²) < 4.78 is 1.94. The van der Waals surface area contributed by atoms with Crippen molar-refractivity contribution in [2.24, 2.45) is 0 Å². The third-order valence-corrected chi connectivity index (χ3v) is 4.88. The molecule has 1 aromatic rings. The Morgan fingerprint density at radius 3 is 2.64 bits per heavy atom. The first-order chi connectivity index (χ1) is 10.7. The molecule has 0 radical (unpaired) electrons. The Bertz CT molecular complexity index is 496. The molecule has 1 aromatic heterocycles. The maximum absolute atomic E-state index is 12.2. The van der Waals surface area contributed by atoms with Crippen molar-refractivity contribution < 1.29 is 9.90 Å². The summed E-state index contributed by atoms with van der Waals surface area (Å²) in [5, 5.41) is 20.1. The first-order valence-electron chi connectivity index (χ1n) is 8.53. The van der Waals surface area contributed by atoms with Crippen molar-refractivity contribution >= 4 is 11.8 Å². The van der Waals surface area contributed by atoms with Crippen LogP contribution >= 0.6 is 0 Å². The third-order valence-electron chi connectivity index (χ3n) is 4.88. The molecule has 6 heteroatoms. The molecule has 6 nitrogen and oxygen atoms in total. The second kappa shape index (κ2) is 7.13. The summed E-state index contributed by atoms with van der Waals surface area (Å²) in [6, 6.07) is 1.84. The molecule has 3 rings (SSSR count). The molecular weight excluding hydrogens is 280 g/mol. The summed E-state index contributed by atoms with van der Waals surface area (Å²) in [6.07, 6.45) is 11.0. The average Bonchev–Trinajstić information content (AvgIpc) is 2.98. The highest BCUT2D eigenvalue weighted by Crippen LogP contribution is 2.29. The van der Waals surface area contributed by atoms with Crippen molar-refractivity contribution in [3.05, 3.63) is 12.3 Å². The summed E-state index contributed by atoms with van der Waals surface area (Å²) in [7, 11) is 0. The van der Waals surface area contributed by atoms with E-state index in [1.54, 1.807) is 6.20 Å². The second-order valence-corrected chi connectivity index (χ2v) is 6.51. The zero-order valence-corrected chi connectivity index (χ0v) is 13.0. The lowest BCUT2D eigenvalue weighted by atomic mass is 9.93. The molecule has 0 spiro atoms. The highest BCUT2D eigenvalue weighted by Gasteiger charge is 2.25. The van der Waals surface area contributed by atoms with Crippen LogP contribution in [0, 0.1) is 0 Å². The minimum Gasteiger partial charge on any atom is -0.391 e. The van der Waals surface area contributed by atoms with E-state index in [2.05, 4.69) is 15.7 Å². The molecule has 3 N–H and O–H groups in total. The van der Waals surface area contributed by atoms with Crippen molar-refractivity contribution in [1.29, 1.82) is 0 Å². The molecule has 122 valence electrons. The van der Waals surface area contributed by atoms with Gasteiger partial charge in [0, 0.05) is 6.07 Å². The van der Waals surface area contributed by atoms with Crippen LogP contribution in [0.1, 0.15) is 63.8 Å². The van der Waals surface area contributed by atoms with Crippen LogP contribution in [-0.4, -0.2) is 33.1 Å². The van der Waals surface area contributed by atoms with E-state index in [0.717, 1.165) is 44.3 Å². The fraction of sp³-hybridized carbons (Fsp3) is 0.750. The number of aliphatic hydroxyl groups is 1. The van der Waals surface area contributed by atoms with Gasteiger partial charge in [-0.2, -0.15) is 5.10 Å². The maximum atomic E-state index is 12.2. The topological polar surface area (TPSA) is 79.2 Å². The van der Waals surface area contributed by atoms with Crippen LogP contribution in [0.4, 0.5) is 10.6 Å². The molecule has 2 aliphatic rings. The lowest BCUT2D eigenvalue weighted by Crippen LogP contribution is -2.46. The number of nitrogens with one attached hydrogen (secondary N) is 2. The highest BCUT2D eigenvalue weighted by atomic mass is 16.3. The van der Waals surface area contributed by atoms with Crippen LogP contribution in [0.2, 0.25) is 0 Å². The van der Waals surface area contributed by atoms with Crippen molar-refractivity contribution in [1.82, 2.24) is 15.1 Å². The Labute approximate surface area is 131 Å². The van der Waals surface area contributed by atoms with Gasteiger partial charge < -0.3 is 10.4 Å². The normalized spacial score (nSPS) is 26.6. The fourth-order valence-corrected chi connectivity index (χ4v) is 3.63. The number of hydrogen-bond acceptors (Lipinski definition) is 3. The van der Waals surface area contributed by atoms with Gasteiger partial charge in [-0.15, -0.1) is 0 Å². The molecule has 22 heavy (non-hydrogen) atoms. The van der Waals surface area contributed by atoms with E-state index in [9.17, 15) is 9.90 Å². The Balaban J connectivity index is 1.58. The number of carbonyl (C=O) groups is 1. The molecule has 0 saturated heterocycles. The summed E-state index contributed by atoms with van der Waals surface area (Å²) in [5.74, 6) is 0.745. The van der Waals surface area contributed by atoms with Gasteiger partial charge in [-0.1, -0.05) is 32.1 Å². The summed E-state index contributed by atoms with van der Waals surface area (Å²) >= 11 is 0. The quantitative estimate of drug-likeness (QED) is 0.803. The largest absolute Gasteiger partial charge is 0.391 e. The van der Waals surface area contributed by atoms with E-state index in [-0.39, 0.29) is 12.1 Å². The maximum Gasteiger partial charge on any atom is 0.320 e. The van der Waals surface area contributed by atoms with Crippen molar-refractivity contribution in [3.63, 3.8) is 0 Å². The van der Waals surface area contributed by atoms with E-state index in [4.69, 9.17) is 0 Å². The van der Waals surface area contributed by atoms with Crippen LogP contribution < -0.4 is 10.6 Å². The summed E-state index contributed by atoms with van der Waals surface area (Å²) in [6.45, 7) is 0. The predicted molar refractivity (Wildman–Crippen MR) is 84.8 cm³/mol. The van der Waals surface area contributed by atoms with Gasteiger partial charge in [0.05, 0.1) is 24.4 Å². The molecule has 2 fully saturated rings. The second-order valence-electron chi connectivity index (χ2n) is 6.51. The van der Waals surface area contributed by atoms with E-state index in [1.807, 2.05) is 10.7 Å². The van der Waals surface area contributed by atoms with Gasteiger partial charge in [-0.25, -0.2) is 9.48 Å². The first-order valence-corrected chi connectivity index (χ1v) is 8.53. The lowest BCUT2D eigenvalue weighted by molar-refractivity contribution is 0.0955. The molecule has 2 aliphatic carbocycles. The minimum absolute atomic E-state index is 0.139. The highest BCUT2D eigenvalue weighted by molar-refractivity contribution is 5.88. The summed E-state index contributed by atoms with van der Waals surface area (Å²) in [4.78, 5) is 12.2. The summed E-state index contributed by atoms with van der Waals surface area (Å²) in [5.41, 5.74) is 0. The predicted octanol–water partition coefficient (Wildman–Crippen LogP) is 2.81. The van der Waals surface area contributed by atoms with Crippen LogP contribution in [0.5, 0.6) is 0 Å². The number of hydrogen-bond donors (Lipinski definition) is 3. The van der Waals surface area contributed by atoms with E-state index < -0.39 is 6.10 Å². The van der Waals surface area contributed by atoms with Gasteiger partial charge in [-0.3, -0.25) is 5.32 Å². The number of urea groups is 1. The molecule has 0 bridgehead atoms. The van der Waals surface area contributed by atoms with Crippen molar-refractivity contribution in [3.8, 4) is 0 Å². The van der Waals surface area contributed by atoms with Crippen LogP contribution in [0.15, 0.2) is 12.3 Å². The van der Waals surface area contributed by atoms with E-state index in [1.165, 1.54) is 19.3 Å². The van der Waals surface area contributed by atoms with Gasteiger partial charge in [-0.05, 0) is 25.7 Å². The van der Waals surface area contributed by atoms with Crippen molar-refractivity contribution in [2.45, 2.75) is 76.0 Å². The SMILES string of the molecule is O=C(Nc1ccnn1C1CCCCC1)NC1CCCCC1O. The Hall–Kier alpha value is -1.56. The molecule has 2 atom stereocenters. The Morgan fingerprint density at radius 2 is 1.86 bits per heavy atom. The molecule has 1 heterocycles. The number of nitrogens with zero attached hydrogens (tertiary/aromatic N) is 2. The van der Waals surface area contributed by atoms with Gasteiger partial charge >= 0.3 is 6.03 Å². The molecule has 2 amide bonds. The van der Waals surface area contributed by atoms with E-state index in [0.29, 0.717) is 6.04 Å². The molecular formula is C16H26N4O2. The zero-order chi connectivity index (χ0) is 15.4. The van der Waals surface area contributed by atoms with Gasteiger partial charge in [0.25, 0.3) is 0 Å². The molecule has 0 aromatic carbocycles. The molecule has 2 saturated carbocycles. The Kier molecular flexibility index (Phi) is 4.97. The number of rotatable bonds is 3. The fourth-order valence-electron chi connectivity index (χ4n) is 3.63. The monoisotopic (exact) mass is 306 g/mol. The number of aliphatic hydroxyl groups excluding tert-OH is 1. The molecule has 0 aliphatic heterocycles. The zero-order valence-electron chi connectivity index (χ0n) is 13.0. The number of aromatic nitrogens is 2. The van der Waals surface area contributed by atoms with Gasteiger partial charge in [0.2, 0.25) is 0 Å². The van der Waals surface area contributed by atoms with Crippen LogP contribution in [-0.2, 0) is 0 Å². The van der Waals surface area contributed by atoms with Crippen LogP contribution in [0.3, 0.4) is 0 Å². The van der Waals surface area contributed by atoms with Gasteiger partial charge in [0.15, 0.2) is 0 Å². The Morgan fingerprint density at radius 1 is 1.14 bits per heavy atom. The van der Waals surface area contributed by atoms with E-state index >= 15 is 0 Å². The first kappa shape index (κ1) is 15.3.